The van der Waals surface area contributed by atoms with Crippen LogP contribution in [-0.2, 0) is 5.54 Å². The predicted molar refractivity (Wildman–Crippen MR) is 126 cm³/mol. The number of amides is 2. The maximum atomic E-state index is 12.9. The van der Waals surface area contributed by atoms with Gasteiger partial charge in [-0.25, -0.2) is 9.78 Å². The van der Waals surface area contributed by atoms with Gasteiger partial charge in [0.1, 0.15) is 10.8 Å². The van der Waals surface area contributed by atoms with E-state index in [0.29, 0.717) is 6.54 Å². The molecule has 5 nitrogen and oxygen atoms in total. The van der Waals surface area contributed by atoms with Crippen LogP contribution >= 0.6 is 11.3 Å². The van der Waals surface area contributed by atoms with E-state index >= 15 is 0 Å². The van der Waals surface area contributed by atoms with Crippen LogP contribution < -0.4 is 10.2 Å². The van der Waals surface area contributed by atoms with E-state index in [0.717, 1.165) is 42.1 Å². The number of benzene rings is 2. The molecule has 1 saturated heterocycles. The highest BCUT2D eigenvalue weighted by Crippen LogP contribution is 2.46. The van der Waals surface area contributed by atoms with Crippen molar-refractivity contribution in [2.75, 3.05) is 25.5 Å². The van der Waals surface area contributed by atoms with Gasteiger partial charge in [0.25, 0.3) is 0 Å². The Kier molecular flexibility index (Phi) is 5.07. The Labute approximate surface area is 187 Å². The molecule has 0 bridgehead atoms. The number of aromatic nitrogens is 1. The van der Waals surface area contributed by atoms with Crippen molar-refractivity contribution in [2.24, 2.45) is 0 Å². The molecular weight excluding hydrogens is 404 g/mol. The third-order valence-corrected chi connectivity index (χ3v) is 7.95. The van der Waals surface area contributed by atoms with E-state index in [9.17, 15) is 4.79 Å². The average Bonchev–Trinajstić information content (AvgIpc) is 3.40. The van der Waals surface area contributed by atoms with Crippen molar-refractivity contribution in [3.63, 3.8) is 0 Å². The Morgan fingerprint density at radius 2 is 1.61 bits per heavy atom. The fourth-order valence-corrected chi connectivity index (χ4v) is 5.98. The number of carbonyl (C=O) groups is 1. The molecule has 2 aromatic carbocycles. The van der Waals surface area contributed by atoms with Gasteiger partial charge in [0.2, 0.25) is 0 Å². The van der Waals surface area contributed by atoms with Gasteiger partial charge in [0.05, 0.1) is 12.1 Å². The summed E-state index contributed by atoms with van der Waals surface area (Å²) in [7, 11) is 4.34. The van der Waals surface area contributed by atoms with Gasteiger partial charge in [-0.3, -0.25) is 9.80 Å². The standard InChI is InChI=1S/C25H28N4OS/c1-28(2)25(20-11-7-4-8-12-20)15-13-24(14-16-25)18-29(23(30)27-24)21-17-31-22(26-21)19-9-5-3-6-10-19/h3-12,17H,13-16,18H2,1-2H3,(H,27,30)/t24-,25-. The molecule has 1 N–H and O–H groups in total. The normalized spacial score (nSPS) is 25.9. The van der Waals surface area contributed by atoms with Gasteiger partial charge >= 0.3 is 6.03 Å². The highest BCUT2D eigenvalue weighted by atomic mass is 32.1. The van der Waals surface area contributed by atoms with Gasteiger partial charge < -0.3 is 5.32 Å². The second-order valence-corrected chi connectivity index (χ2v) is 9.82. The van der Waals surface area contributed by atoms with E-state index in [-0.39, 0.29) is 17.1 Å². The molecule has 5 rings (SSSR count). The monoisotopic (exact) mass is 432 g/mol. The molecule has 1 saturated carbocycles. The minimum atomic E-state index is -0.179. The quantitative estimate of drug-likeness (QED) is 0.623. The van der Waals surface area contributed by atoms with E-state index in [1.807, 2.05) is 28.5 Å². The Morgan fingerprint density at radius 1 is 0.968 bits per heavy atom. The summed E-state index contributed by atoms with van der Waals surface area (Å²) < 4.78 is 0. The molecule has 31 heavy (non-hydrogen) atoms. The summed E-state index contributed by atoms with van der Waals surface area (Å²) in [5, 5.41) is 6.27. The Bertz CT molecular complexity index is 1060. The molecule has 3 aromatic rings. The van der Waals surface area contributed by atoms with Gasteiger partial charge in [-0.15, -0.1) is 11.3 Å². The summed E-state index contributed by atoms with van der Waals surface area (Å²) >= 11 is 1.59. The molecular formula is C25H28N4OS. The van der Waals surface area contributed by atoms with Crippen molar-refractivity contribution in [3.8, 4) is 10.6 Å². The molecule has 160 valence electrons. The zero-order valence-corrected chi connectivity index (χ0v) is 18.9. The second kappa shape index (κ2) is 7.77. The molecule has 1 aliphatic carbocycles. The van der Waals surface area contributed by atoms with Crippen LogP contribution in [0.15, 0.2) is 66.0 Å². The van der Waals surface area contributed by atoms with Gasteiger partial charge in [-0.1, -0.05) is 60.7 Å². The van der Waals surface area contributed by atoms with E-state index in [4.69, 9.17) is 4.98 Å². The van der Waals surface area contributed by atoms with Crippen LogP contribution in [0.2, 0.25) is 0 Å². The van der Waals surface area contributed by atoms with E-state index < -0.39 is 0 Å². The number of carbonyl (C=O) groups excluding carboxylic acids is 1. The summed E-state index contributed by atoms with van der Waals surface area (Å²) in [6, 6.07) is 20.9. The Hall–Kier alpha value is -2.70. The van der Waals surface area contributed by atoms with Gasteiger partial charge in [-0.05, 0) is 45.3 Å². The van der Waals surface area contributed by atoms with Crippen molar-refractivity contribution in [3.05, 3.63) is 71.6 Å². The van der Waals surface area contributed by atoms with Crippen LogP contribution in [-0.4, -0.2) is 42.1 Å². The molecule has 1 aromatic heterocycles. The Balaban J connectivity index is 1.34. The third-order valence-electron chi connectivity index (χ3n) is 7.07. The van der Waals surface area contributed by atoms with E-state index in [1.54, 1.807) is 11.3 Å². The number of urea groups is 1. The van der Waals surface area contributed by atoms with Gasteiger partial charge in [0, 0.05) is 16.5 Å². The molecule has 6 heteroatoms. The molecule has 0 atom stereocenters. The Morgan fingerprint density at radius 3 is 2.26 bits per heavy atom. The van der Waals surface area contributed by atoms with Crippen molar-refractivity contribution < 1.29 is 4.79 Å². The summed E-state index contributed by atoms with van der Waals surface area (Å²) in [5.41, 5.74) is 2.29. The first kappa shape index (κ1) is 20.2. The van der Waals surface area contributed by atoms with Crippen molar-refractivity contribution >= 4 is 23.2 Å². The zero-order chi connectivity index (χ0) is 21.5. The fourth-order valence-electron chi connectivity index (χ4n) is 5.16. The molecule has 2 fully saturated rings. The topological polar surface area (TPSA) is 48.5 Å². The zero-order valence-electron chi connectivity index (χ0n) is 18.0. The van der Waals surface area contributed by atoms with Crippen molar-refractivity contribution in [1.29, 1.82) is 0 Å². The van der Waals surface area contributed by atoms with Gasteiger partial charge in [-0.2, -0.15) is 0 Å². The first-order chi connectivity index (χ1) is 15.0. The summed E-state index contributed by atoms with van der Waals surface area (Å²) in [4.78, 5) is 21.9. The number of anilines is 1. The van der Waals surface area contributed by atoms with Crippen LogP contribution in [0.3, 0.4) is 0 Å². The highest BCUT2D eigenvalue weighted by molar-refractivity contribution is 7.13. The molecule has 2 heterocycles. The minimum Gasteiger partial charge on any atom is -0.330 e. The first-order valence-corrected chi connectivity index (χ1v) is 11.7. The lowest BCUT2D eigenvalue weighted by Gasteiger charge is -2.48. The lowest BCUT2D eigenvalue weighted by molar-refractivity contribution is 0.0657. The number of nitrogens with one attached hydrogen (secondary N) is 1. The average molecular weight is 433 g/mol. The highest BCUT2D eigenvalue weighted by Gasteiger charge is 2.50. The maximum Gasteiger partial charge on any atom is 0.323 e. The van der Waals surface area contributed by atoms with E-state index in [1.165, 1.54) is 5.56 Å². The SMILES string of the molecule is CN(C)[C@]1(c2ccccc2)CC[C@@]2(CC1)CN(c1csc(-c3ccccc3)n1)C(=O)N2. The molecule has 1 aliphatic heterocycles. The number of nitrogens with zero attached hydrogens (tertiary/aromatic N) is 3. The fraction of sp³-hybridized carbons (Fsp3) is 0.360. The smallest absolute Gasteiger partial charge is 0.323 e. The molecule has 0 radical (unpaired) electrons. The minimum absolute atomic E-state index is 0.0196. The van der Waals surface area contributed by atoms with Crippen LogP contribution in [0.4, 0.5) is 10.6 Å². The largest absolute Gasteiger partial charge is 0.330 e. The molecule has 2 amide bonds. The van der Waals surface area contributed by atoms with Crippen LogP contribution in [0.5, 0.6) is 0 Å². The summed E-state index contributed by atoms with van der Waals surface area (Å²) in [6.07, 6.45) is 3.95. The number of hydrogen-bond donors (Lipinski definition) is 1. The lowest BCUT2D eigenvalue weighted by Crippen LogP contribution is -2.54. The second-order valence-electron chi connectivity index (χ2n) is 8.97. The van der Waals surface area contributed by atoms with Gasteiger partial charge in [0.15, 0.2) is 0 Å². The van der Waals surface area contributed by atoms with E-state index in [2.05, 4.69) is 66.8 Å². The van der Waals surface area contributed by atoms with Crippen LogP contribution in [0.1, 0.15) is 31.2 Å². The van der Waals surface area contributed by atoms with Crippen LogP contribution in [0, 0.1) is 0 Å². The third kappa shape index (κ3) is 3.54. The lowest BCUT2D eigenvalue weighted by atomic mass is 9.69. The van der Waals surface area contributed by atoms with Crippen LogP contribution in [0.25, 0.3) is 10.6 Å². The maximum absolute atomic E-state index is 12.9. The number of thiazole rings is 1. The van der Waals surface area contributed by atoms with Crippen molar-refractivity contribution in [2.45, 2.75) is 36.8 Å². The molecule has 2 aliphatic rings. The van der Waals surface area contributed by atoms with Crippen molar-refractivity contribution in [1.82, 2.24) is 15.2 Å². The summed E-state index contributed by atoms with van der Waals surface area (Å²) in [5.74, 6) is 0.755. The number of rotatable bonds is 4. The number of hydrogen-bond acceptors (Lipinski definition) is 4. The molecule has 0 unspecified atom stereocenters. The summed E-state index contributed by atoms with van der Waals surface area (Å²) in [6.45, 7) is 0.683. The molecule has 1 spiro atoms. The predicted octanol–water partition coefficient (Wildman–Crippen LogP) is 5.11. The first-order valence-electron chi connectivity index (χ1n) is 10.9.